The Morgan fingerprint density at radius 1 is 1.04 bits per heavy atom. The Hall–Kier alpha value is -1.24. The normalized spacial score (nSPS) is 15.1. The lowest BCUT2D eigenvalue weighted by molar-refractivity contribution is -0.154. The van der Waals surface area contributed by atoms with Gasteiger partial charge < -0.3 is 10.1 Å². The van der Waals surface area contributed by atoms with Crippen LogP contribution in [0.5, 0.6) is 0 Å². The van der Waals surface area contributed by atoms with E-state index in [1.165, 1.54) is 0 Å². The molecule has 27 heavy (non-hydrogen) atoms. The van der Waals surface area contributed by atoms with Crippen LogP contribution in [0.3, 0.4) is 0 Å². The van der Waals surface area contributed by atoms with Gasteiger partial charge in [0.15, 0.2) is 6.10 Å². The van der Waals surface area contributed by atoms with E-state index in [0.29, 0.717) is 0 Å². The number of hydrogen-bond acceptors (Lipinski definition) is 7. The minimum absolute atomic E-state index is 0.0919. The average molecular weight is 401 g/mol. The molecule has 0 aromatic heterocycles. The van der Waals surface area contributed by atoms with Crippen LogP contribution in [0.15, 0.2) is 30.3 Å². The molecule has 0 bridgehead atoms. The Balaban J connectivity index is 3.29. The van der Waals surface area contributed by atoms with Crippen LogP contribution in [0.1, 0.15) is 52.6 Å². The number of carbonyl (C=O) groups is 1. The van der Waals surface area contributed by atoms with Gasteiger partial charge in [-0.05, 0) is 39.7 Å². The molecule has 1 aromatic rings. The first kappa shape index (κ1) is 23.8. The van der Waals surface area contributed by atoms with Crippen molar-refractivity contribution >= 4 is 13.8 Å². The summed E-state index contributed by atoms with van der Waals surface area (Å²) in [6, 6.07) is 8.89. The maximum atomic E-state index is 12.9. The molecule has 0 amide bonds. The highest BCUT2D eigenvalue weighted by atomic mass is 31.2. The first-order valence-corrected chi connectivity index (χ1v) is 10.9. The summed E-state index contributed by atoms with van der Waals surface area (Å²) >= 11 is 0. The first-order chi connectivity index (χ1) is 12.9. The lowest BCUT2D eigenvalue weighted by Crippen LogP contribution is -2.43. The van der Waals surface area contributed by atoms with Crippen LogP contribution in [0.4, 0.5) is 0 Å². The third-order valence-corrected chi connectivity index (χ3v) is 5.51. The van der Waals surface area contributed by atoms with Crippen molar-refractivity contribution in [2.45, 2.75) is 59.2 Å². The van der Waals surface area contributed by atoms with Crippen molar-refractivity contribution < 1.29 is 27.7 Å². The molecule has 154 valence electrons. The van der Waals surface area contributed by atoms with Gasteiger partial charge in [0.1, 0.15) is 0 Å². The van der Waals surface area contributed by atoms with Crippen LogP contribution >= 0.6 is 7.82 Å². The molecule has 1 aromatic carbocycles. The second-order valence-corrected chi connectivity index (χ2v) is 7.55. The van der Waals surface area contributed by atoms with Crippen molar-refractivity contribution in [1.29, 1.82) is 0 Å². The zero-order valence-corrected chi connectivity index (χ0v) is 17.7. The van der Waals surface area contributed by atoms with Crippen molar-refractivity contribution in [2.75, 3.05) is 19.8 Å². The number of hydrogen-bond donors (Lipinski definition) is 1. The van der Waals surface area contributed by atoms with Gasteiger partial charge in [-0.25, -0.2) is 9.36 Å². The lowest BCUT2D eigenvalue weighted by Gasteiger charge is -2.31. The summed E-state index contributed by atoms with van der Waals surface area (Å²) in [5.74, 6) is -0.623. The van der Waals surface area contributed by atoms with Crippen molar-refractivity contribution in [3.05, 3.63) is 35.9 Å². The summed E-state index contributed by atoms with van der Waals surface area (Å²) in [7, 11) is -3.92. The summed E-state index contributed by atoms with van der Waals surface area (Å²) in [6.07, 6.45) is -0.349. The van der Waals surface area contributed by atoms with Crippen molar-refractivity contribution in [3.8, 4) is 0 Å². The summed E-state index contributed by atoms with van der Waals surface area (Å²) in [5, 5.41) is 3.37. The molecule has 7 nitrogen and oxygen atoms in total. The molecule has 1 unspecified atom stereocenters. The Labute approximate surface area is 162 Å². The third kappa shape index (κ3) is 7.72. The number of benzene rings is 1. The van der Waals surface area contributed by atoms with Crippen LogP contribution < -0.4 is 5.32 Å². The van der Waals surface area contributed by atoms with E-state index in [2.05, 4.69) is 5.32 Å². The topological polar surface area (TPSA) is 83.1 Å². The molecular weight excluding hydrogens is 369 g/mol. The number of esters is 1. The maximum absolute atomic E-state index is 12.9. The van der Waals surface area contributed by atoms with Crippen molar-refractivity contribution in [1.82, 2.24) is 5.32 Å². The van der Waals surface area contributed by atoms with Crippen molar-refractivity contribution in [2.24, 2.45) is 0 Å². The summed E-state index contributed by atoms with van der Waals surface area (Å²) in [6.45, 7) is 9.54. The number of rotatable bonds is 13. The molecule has 0 heterocycles. The third-order valence-electron chi connectivity index (χ3n) is 3.87. The highest BCUT2D eigenvalue weighted by Crippen LogP contribution is 2.51. The summed E-state index contributed by atoms with van der Waals surface area (Å²) < 4.78 is 34.2. The molecule has 0 fully saturated rings. The van der Waals surface area contributed by atoms with Gasteiger partial charge in [0.25, 0.3) is 0 Å². The van der Waals surface area contributed by atoms with E-state index < -0.39 is 25.9 Å². The van der Waals surface area contributed by atoms with Gasteiger partial charge in [-0.15, -0.1) is 0 Å². The fraction of sp³-hybridized carbons (Fsp3) is 0.632. The SMILES string of the molecule is CCOC(=O)[C@H](OP(=O)(OCC)OCC)[C@H](NC(C)CC)c1ccccc1. The zero-order valence-electron chi connectivity index (χ0n) is 16.8. The van der Waals surface area contributed by atoms with Gasteiger partial charge >= 0.3 is 13.8 Å². The maximum Gasteiger partial charge on any atom is 0.475 e. The zero-order chi connectivity index (χ0) is 20.3. The number of phosphoric ester groups is 1. The number of nitrogens with one attached hydrogen (secondary N) is 1. The molecule has 0 saturated heterocycles. The molecule has 0 aliphatic heterocycles. The summed E-state index contributed by atoms with van der Waals surface area (Å²) in [4.78, 5) is 12.7. The van der Waals surface area contributed by atoms with E-state index in [0.717, 1.165) is 12.0 Å². The molecule has 8 heteroatoms. The van der Waals surface area contributed by atoms with Crippen LogP contribution in [-0.2, 0) is 27.7 Å². The standard InChI is InChI=1S/C19H32NO6P/c1-6-15(5)20-17(16-13-11-10-12-14-16)18(19(21)23-7-2)26-27(22,24-8-3)25-9-4/h10-15,17-18,20H,6-9H2,1-5H3/t15?,17-,18-/m1/s1. The van der Waals surface area contributed by atoms with E-state index in [-0.39, 0.29) is 25.9 Å². The van der Waals surface area contributed by atoms with Gasteiger partial charge in [0, 0.05) is 6.04 Å². The van der Waals surface area contributed by atoms with E-state index in [1.807, 2.05) is 44.2 Å². The van der Waals surface area contributed by atoms with E-state index in [1.54, 1.807) is 20.8 Å². The van der Waals surface area contributed by atoms with Crippen LogP contribution in [-0.4, -0.2) is 37.9 Å². The van der Waals surface area contributed by atoms with Crippen LogP contribution in [0.2, 0.25) is 0 Å². The highest BCUT2D eigenvalue weighted by Gasteiger charge is 2.40. The Morgan fingerprint density at radius 2 is 1.63 bits per heavy atom. The van der Waals surface area contributed by atoms with Gasteiger partial charge in [0.05, 0.1) is 25.9 Å². The number of ether oxygens (including phenoxy) is 1. The predicted molar refractivity (Wildman–Crippen MR) is 104 cm³/mol. The first-order valence-electron chi connectivity index (χ1n) is 9.45. The lowest BCUT2D eigenvalue weighted by atomic mass is 10.00. The molecule has 0 spiro atoms. The minimum atomic E-state index is -3.92. The second kappa shape index (κ2) is 12.3. The molecule has 0 radical (unpaired) electrons. The van der Waals surface area contributed by atoms with Crippen LogP contribution in [0.25, 0.3) is 0 Å². The van der Waals surface area contributed by atoms with Crippen LogP contribution in [0, 0.1) is 0 Å². The number of carbonyl (C=O) groups excluding carboxylic acids is 1. The van der Waals surface area contributed by atoms with E-state index in [9.17, 15) is 9.36 Å². The molecule has 0 aliphatic rings. The van der Waals surface area contributed by atoms with Gasteiger partial charge in [-0.3, -0.25) is 13.6 Å². The molecule has 0 saturated carbocycles. The van der Waals surface area contributed by atoms with Gasteiger partial charge in [-0.1, -0.05) is 37.3 Å². The van der Waals surface area contributed by atoms with E-state index >= 15 is 0 Å². The monoisotopic (exact) mass is 401 g/mol. The summed E-state index contributed by atoms with van der Waals surface area (Å²) in [5.41, 5.74) is 0.815. The second-order valence-electron chi connectivity index (χ2n) is 5.93. The minimum Gasteiger partial charge on any atom is -0.464 e. The quantitative estimate of drug-likeness (QED) is 0.391. The van der Waals surface area contributed by atoms with E-state index in [4.69, 9.17) is 18.3 Å². The largest absolute Gasteiger partial charge is 0.475 e. The predicted octanol–water partition coefficient (Wildman–Crippen LogP) is 4.25. The Morgan fingerprint density at radius 3 is 2.11 bits per heavy atom. The molecule has 3 atom stereocenters. The molecular formula is C19H32NO6P. The van der Waals surface area contributed by atoms with Crippen molar-refractivity contribution in [3.63, 3.8) is 0 Å². The number of phosphoric acid groups is 1. The Bertz CT molecular complexity index is 587. The molecule has 1 rings (SSSR count). The molecule has 1 N–H and O–H groups in total. The molecule has 0 aliphatic carbocycles. The average Bonchev–Trinajstić information content (AvgIpc) is 2.65. The van der Waals surface area contributed by atoms with Gasteiger partial charge in [-0.2, -0.15) is 0 Å². The fourth-order valence-corrected chi connectivity index (χ4v) is 3.78. The smallest absolute Gasteiger partial charge is 0.464 e. The fourth-order valence-electron chi connectivity index (χ4n) is 2.46. The highest BCUT2D eigenvalue weighted by molar-refractivity contribution is 7.48. The van der Waals surface area contributed by atoms with Gasteiger partial charge in [0.2, 0.25) is 0 Å². The Kier molecular flexibility index (Phi) is 10.8.